The molecule has 2 bridgehead atoms. The van der Waals surface area contributed by atoms with Gasteiger partial charge in [0, 0.05) is 5.41 Å². The van der Waals surface area contributed by atoms with Gasteiger partial charge in [0.05, 0.1) is 12.5 Å². The third-order valence-electron chi connectivity index (χ3n) is 13.1. The van der Waals surface area contributed by atoms with Crippen LogP contribution in [-0.2, 0) is 16.6 Å². The molecule has 3 N–H and O–H groups in total. The van der Waals surface area contributed by atoms with Crippen LogP contribution in [0.2, 0.25) is 0 Å². The second kappa shape index (κ2) is 16.2. The van der Waals surface area contributed by atoms with Gasteiger partial charge < -0.3 is 15.3 Å². The van der Waals surface area contributed by atoms with Crippen molar-refractivity contribution in [2.45, 2.75) is 101 Å². The van der Waals surface area contributed by atoms with E-state index in [2.05, 4.69) is 91.0 Å². The maximum absolute atomic E-state index is 13.3. The maximum atomic E-state index is 13.3. The first-order valence-electron chi connectivity index (χ1n) is 19.8. The van der Waals surface area contributed by atoms with Crippen molar-refractivity contribution in [3.63, 3.8) is 0 Å². The Balaban J connectivity index is 1.14. The number of aromatic hydroxyl groups is 1. The molecule has 1 fully saturated rings. The molecule has 0 radical (unpaired) electrons. The smallest absolute Gasteiger partial charge is 0.307 e. The third-order valence-corrected chi connectivity index (χ3v) is 13.1. The van der Waals surface area contributed by atoms with Crippen LogP contribution in [0.15, 0.2) is 96.6 Å². The number of phenolic OH excluding ortho intramolecular Hbond substituents is 1. The van der Waals surface area contributed by atoms with Gasteiger partial charge in [0.25, 0.3) is 0 Å². The number of unbranched alkanes of at least 4 members (excludes halogenated alkanes) is 3. The SMILES string of the molecule is O=C(O)[C@@H]1C/C=C/C[C@H](CCCCCC[C@@H]2C=C(CO)CC2)[C@H](c2ccc(O)cc2)Cc2cccc(c2)[C@]12CC[C@@H]1C=c3ccccc3=C[C@@H]1C2. The summed E-state index contributed by atoms with van der Waals surface area (Å²) in [6.07, 6.45) is 26.2. The van der Waals surface area contributed by atoms with Crippen molar-refractivity contribution in [1.29, 1.82) is 0 Å². The molecule has 0 unspecified atom stereocenters. The van der Waals surface area contributed by atoms with E-state index in [9.17, 15) is 20.1 Å². The van der Waals surface area contributed by atoms with Gasteiger partial charge in [0.1, 0.15) is 5.75 Å². The van der Waals surface area contributed by atoms with Crippen LogP contribution in [0.25, 0.3) is 12.2 Å². The van der Waals surface area contributed by atoms with E-state index in [1.54, 1.807) is 0 Å². The second-order valence-electron chi connectivity index (χ2n) is 16.2. The lowest BCUT2D eigenvalue weighted by atomic mass is 9.55. The summed E-state index contributed by atoms with van der Waals surface area (Å²) >= 11 is 0. The largest absolute Gasteiger partial charge is 0.508 e. The van der Waals surface area contributed by atoms with Crippen molar-refractivity contribution in [2.24, 2.45) is 29.6 Å². The Bertz CT molecular complexity index is 1840. The molecule has 1 spiro atoms. The number of benzene rings is 3. The normalized spacial score (nSPS) is 29.3. The third kappa shape index (κ3) is 8.12. The Kier molecular flexibility index (Phi) is 11.3. The number of carboxylic acids is 1. The van der Waals surface area contributed by atoms with Gasteiger partial charge in [-0.05, 0) is 139 Å². The first kappa shape index (κ1) is 35.5. The van der Waals surface area contributed by atoms with Crippen LogP contribution in [-0.4, -0.2) is 27.9 Å². The predicted octanol–water partition coefficient (Wildman–Crippen LogP) is 8.98. The zero-order valence-electron chi connectivity index (χ0n) is 30.1. The molecule has 0 aliphatic heterocycles. The van der Waals surface area contributed by atoms with Crippen molar-refractivity contribution in [3.8, 4) is 5.75 Å². The van der Waals surface area contributed by atoms with Crippen LogP contribution < -0.4 is 10.4 Å². The van der Waals surface area contributed by atoms with Crippen molar-refractivity contribution in [2.75, 3.05) is 6.61 Å². The zero-order chi connectivity index (χ0) is 35.2. The molecular formula is C47H56O4. The van der Waals surface area contributed by atoms with E-state index in [0.717, 1.165) is 44.9 Å². The molecule has 51 heavy (non-hydrogen) atoms. The molecule has 4 aliphatic rings. The Morgan fingerprint density at radius 2 is 1.53 bits per heavy atom. The lowest BCUT2D eigenvalue weighted by molar-refractivity contribution is -0.145. The standard InChI is InChI=1S/C47H56O4/c48-32-35-19-18-33(26-35)10-3-1-2-4-12-36-13-7-8-17-45(46(50)51)47(25-24-40-29-38-14-5-6-15-39(38)30-41(40)31-47)42-16-9-11-34(27-42)28-44(36)37-20-22-43(49)23-21-37/h5-9,11,14-16,20-23,26-27,29-30,33,36,40-41,44-45,48-49H,1-4,10,12-13,17-19,24-25,28,31-32H2,(H,50,51)/b8-7+/t33-,36-,40+,41+,44+,45-,47+/m0/s1. The van der Waals surface area contributed by atoms with Gasteiger partial charge in [0.15, 0.2) is 0 Å². The highest BCUT2D eigenvalue weighted by Crippen LogP contribution is 2.52. The van der Waals surface area contributed by atoms with E-state index in [1.807, 2.05) is 12.1 Å². The maximum Gasteiger partial charge on any atom is 0.307 e. The summed E-state index contributed by atoms with van der Waals surface area (Å²) < 4.78 is 0. The Morgan fingerprint density at radius 3 is 2.27 bits per heavy atom. The van der Waals surface area contributed by atoms with E-state index >= 15 is 0 Å². The monoisotopic (exact) mass is 684 g/mol. The minimum absolute atomic E-state index is 0.213. The first-order chi connectivity index (χ1) is 24.9. The average molecular weight is 685 g/mol. The first-order valence-corrected chi connectivity index (χ1v) is 19.8. The van der Waals surface area contributed by atoms with Crippen LogP contribution in [0.5, 0.6) is 5.75 Å². The molecule has 1 saturated carbocycles. The van der Waals surface area contributed by atoms with E-state index in [0.29, 0.717) is 41.8 Å². The lowest BCUT2D eigenvalue weighted by Crippen LogP contribution is -2.47. The van der Waals surface area contributed by atoms with Gasteiger partial charge in [0.2, 0.25) is 0 Å². The Morgan fingerprint density at radius 1 is 0.784 bits per heavy atom. The molecule has 0 heterocycles. The molecular weight excluding hydrogens is 629 g/mol. The van der Waals surface area contributed by atoms with Crippen LogP contribution in [0.4, 0.5) is 0 Å². The molecule has 4 nitrogen and oxygen atoms in total. The van der Waals surface area contributed by atoms with Gasteiger partial charge >= 0.3 is 5.97 Å². The Hall–Kier alpha value is -3.89. The quantitative estimate of drug-likeness (QED) is 0.147. The topological polar surface area (TPSA) is 77.8 Å². The number of carbonyl (C=O) groups is 1. The molecule has 0 saturated heterocycles. The molecule has 7 atom stereocenters. The summed E-state index contributed by atoms with van der Waals surface area (Å²) in [5.74, 6) is 1.24. The minimum atomic E-state index is -0.681. The van der Waals surface area contributed by atoms with Crippen molar-refractivity contribution >= 4 is 18.1 Å². The molecule has 0 amide bonds. The molecule has 7 rings (SSSR count). The fraction of sp³-hybridized carbons (Fsp3) is 0.468. The van der Waals surface area contributed by atoms with Crippen LogP contribution in [0, 0.1) is 29.6 Å². The van der Waals surface area contributed by atoms with Crippen molar-refractivity contribution in [3.05, 3.63) is 124 Å². The van der Waals surface area contributed by atoms with E-state index < -0.39 is 17.3 Å². The van der Waals surface area contributed by atoms with Gasteiger partial charge in [-0.1, -0.05) is 117 Å². The molecule has 3 aromatic rings. The number of fused-ring (bicyclic) bond motifs is 5. The van der Waals surface area contributed by atoms with Gasteiger partial charge in [-0.15, -0.1) is 0 Å². The second-order valence-corrected chi connectivity index (χ2v) is 16.2. The summed E-state index contributed by atoms with van der Waals surface area (Å²) in [6.45, 7) is 0.213. The fourth-order valence-corrected chi connectivity index (χ4v) is 10.2. The number of hydrogen-bond donors (Lipinski definition) is 3. The number of carboxylic acid groups (broad SMARTS) is 1. The molecule has 268 valence electrons. The summed E-state index contributed by atoms with van der Waals surface area (Å²) in [6, 6.07) is 25.5. The number of aliphatic hydroxyl groups excluding tert-OH is 1. The van der Waals surface area contributed by atoms with E-state index in [1.165, 1.54) is 71.2 Å². The summed E-state index contributed by atoms with van der Waals surface area (Å²) in [4.78, 5) is 13.3. The lowest BCUT2D eigenvalue weighted by Gasteiger charge is -2.48. The highest BCUT2D eigenvalue weighted by atomic mass is 16.4. The molecule has 0 aromatic heterocycles. The number of phenols is 1. The molecule has 4 aliphatic carbocycles. The summed E-state index contributed by atoms with van der Waals surface area (Å²) in [5.41, 5.74) is 4.51. The minimum Gasteiger partial charge on any atom is -0.508 e. The highest BCUT2D eigenvalue weighted by molar-refractivity contribution is 5.73. The van der Waals surface area contributed by atoms with Crippen molar-refractivity contribution < 1.29 is 20.1 Å². The predicted molar refractivity (Wildman–Crippen MR) is 207 cm³/mol. The number of aliphatic hydroxyl groups is 1. The van der Waals surface area contributed by atoms with Crippen LogP contribution in [0.1, 0.15) is 106 Å². The number of allylic oxidation sites excluding steroid dienone is 3. The van der Waals surface area contributed by atoms with E-state index in [4.69, 9.17) is 0 Å². The zero-order valence-corrected chi connectivity index (χ0v) is 30.1. The molecule has 4 heteroatoms. The van der Waals surface area contributed by atoms with Crippen LogP contribution in [0.3, 0.4) is 0 Å². The van der Waals surface area contributed by atoms with Crippen molar-refractivity contribution in [1.82, 2.24) is 0 Å². The number of aliphatic carboxylic acids is 1. The summed E-state index contributed by atoms with van der Waals surface area (Å²) in [7, 11) is 0. The van der Waals surface area contributed by atoms with E-state index in [-0.39, 0.29) is 6.61 Å². The summed E-state index contributed by atoms with van der Waals surface area (Å²) in [5, 5.41) is 33.1. The highest BCUT2D eigenvalue weighted by Gasteiger charge is 2.49. The Labute approximate surface area is 304 Å². The average Bonchev–Trinajstić information content (AvgIpc) is 3.61. The van der Waals surface area contributed by atoms with Gasteiger partial charge in [-0.3, -0.25) is 4.79 Å². The number of hydrogen-bond acceptors (Lipinski definition) is 3. The van der Waals surface area contributed by atoms with Gasteiger partial charge in [-0.25, -0.2) is 0 Å². The van der Waals surface area contributed by atoms with Gasteiger partial charge in [-0.2, -0.15) is 0 Å². The fourth-order valence-electron chi connectivity index (χ4n) is 10.2. The molecule has 3 aromatic carbocycles. The van der Waals surface area contributed by atoms with Crippen LogP contribution >= 0.6 is 0 Å². The number of rotatable bonds is 10.